The Morgan fingerprint density at radius 3 is 2.56 bits per heavy atom. The fraction of sp³-hybridized carbons (Fsp3) is 0.533. The van der Waals surface area contributed by atoms with Crippen LogP contribution in [0.1, 0.15) is 19.4 Å². The van der Waals surface area contributed by atoms with Crippen LogP contribution in [0.4, 0.5) is 13.2 Å². The highest BCUT2D eigenvalue weighted by Crippen LogP contribution is 2.39. The molecule has 1 aliphatic heterocycles. The van der Waals surface area contributed by atoms with Crippen molar-refractivity contribution in [2.45, 2.75) is 37.4 Å². The third-order valence-electron chi connectivity index (χ3n) is 3.72. The van der Waals surface area contributed by atoms with Gasteiger partial charge in [-0.2, -0.15) is 13.2 Å². The lowest BCUT2D eigenvalue weighted by Crippen LogP contribution is -2.47. The lowest BCUT2D eigenvalue weighted by atomic mass is 9.90. The van der Waals surface area contributed by atoms with Crippen LogP contribution < -0.4 is 9.46 Å². The SMILES string of the molecule is CC(C)CNS(=O)(=O)c1ccc2c(c1)C[C@@H](C(=O)O)[C@@H](C(F)(F)F)O2. The molecule has 0 aliphatic carbocycles. The Morgan fingerprint density at radius 2 is 2.04 bits per heavy atom. The summed E-state index contributed by atoms with van der Waals surface area (Å²) in [5.74, 6) is -3.59. The van der Waals surface area contributed by atoms with Gasteiger partial charge in [0, 0.05) is 6.54 Å². The maximum Gasteiger partial charge on any atom is 0.426 e. The molecule has 2 atom stereocenters. The molecule has 0 fully saturated rings. The van der Waals surface area contributed by atoms with Crippen molar-refractivity contribution in [2.24, 2.45) is 11.8 Å². The van der Waals surface area contributed by atoms with Gasteiger partial charge in [0.2, 0.25) is 16.1 Å². The predicted molar refractivity (Wildman–Crippen MR) is 81.8 cm³/mol. The van der Waals surface area contributed by atoms with Gasteiger partial charge >= 0.3 is 12.1 Å². The van der Waals surface area contributed by atoms with Crippen molar-refractivity contribution in [3.8, 4) is 5.75 Å². The van der Waals surface area contributed by atoms with E-state index in [0.717, 1.165) is 18.2 Å². The first-order valence-corrected chi connectivity index (χ1v) is 8.99. The molecule has 0 aromatic heterocycles. The van der Waals surface area contributed by atoms with Crippen molar-refractivity contribution < 1.29 is 36.2 Å². The van der Waals surface area contributed by atoms with E-state index in [2.05, 4.69) is 4.72 Å². The summed E-state index contributed by atoms with van der Waals surface area (Å²) in [7, 11) is -3.84. The van der Waals surface area contributed by atoms with Crippen LogP contribution in [0, 0.1) is 11.8 Å². The number of hydrogen-bond acceptors (Lipinski definition) is 4. The molecule has 0 saturated carbocycles. The van der Waals surface area contributed by atoms with E-state index in [1.54, 1.807) is 0 Å². The molecule has 1 aromatic carbocycles. The van der Waals surface area contributed by atoms with Crippen molar-refractivity contribution in [3.05, 3.63) is 23.8 Å². The quantitative estimate of drug-likeness (QED) is 0.816. The number of carboxylic acid groups (broad SMARTS) is 1. The van der Waals surface area contributed by atoms with E-state index in [1.165, 1.54) is 0 Å². The summed E-state index contributed by atoms with van der Waals surface area (Å²) >= 11 is 0. The number of carboxylic acids is 1. The number of sulfonamides is 1. The third-order valence-corrected chi connectivity index (χ3v) is 5.14. The van der Waals surface area contributed by atoms with Gasteiger partial charge in [-0.15, -0.1) is 0 Å². The zero-order valence-corrected chi connectivity index (χ0v) is 14.3. The number of ether oxygens (including phenoxy) is 1. The Kier molecular flexibility index (Phi) is 5.33. The van der Waals surface area contributed by atoms with Crippen LogP contribution in [0.3, 0.4) is 0 Å². The van der Waals surface area contributed by atoms with E-state index in [9.17, 15) is 26.4 Å². The van der Waals surface area contributed by atoms with Gasteiger partial charge in [-0.1, -0.05) is 13.8 Å². The van der Waals surface area contributed by atoms with Crippen LogP contribution in [0.2, 0.25) is 0 Å². The number of fused-ring (bicyclic) bond motifs is 1. The highest BCUT2D eigenvalue weighted by atomic mass is 32.2. The molecular weight excluding hydrogens is 363 g/mol. The number of carbonyl (C=O) groups is 1. The minimum absolute atomic E-state index is 0.0691. The molecule has 1 aliphatic rings. The fourth-order valence-corrected chi connectivity index (χ4v) is 3.70. The largest absolute Gasteiger partial charge is 0.481 e. The van der Waals surface area contributed by atoms with Crippen molar-refractivity contribution in [1.29, 1.82) is 0 Å². The number of alkyl halides is 3. The second-order valence-corrected chi connectivity index (χ2v) is 8.01. The van der Waals surface area contributed by atoms with Crippen molar-refractivity contribution in [1.82, 2.24) is 4.72 Å². The average Bonchev–Trinajstić information content (AvgIpc) is 2.50. The Labute approximate surface area is 143 Å². The van der Waals surface area contributed by atoms with Gasteiger partial charge in [-0.3, -0.25) is 4.79 Å². The molecule has 0 amide bonds. The summed E-state index contributed by atoms with van der Waals surface area (Å²) in [4.78, 5) is 11.0. The first kappa shape index (κ1) is 19.5. The molecule has 0 spiro atoms. The molecule has 0 bridgehead atoms. The molecule has 25 heavy (non-hydrogen) atoms. The van der Waals surface area contributed by atoms with Crippen molar-refractivity contribution >= 4 is 16.0 Å². The Hall–Kier alpha value is -1.81. The normalized spacial score (nSPS) is 20.9. The summed E-state index contributed by atoms with van der Waals surface area (Å²) in [6.45, 7) is 3.83. The number of hydrogen-bond donors (Lipinski definition) is 2. The molecular formula is C15H18F3NO5S. The second-order valence-electron chi connectivity index (χ2n) is 6.24. The summed E-state index contributed by atoms with van der Waals surface area (Å²) < 4.78 is 70.6. The highest BCUT2D eigenvalue weighted by molar-refractivity contribution is 7.89. The average molecular weight is 381 g/mol. The molecule has 10 heteroatoms. The first-order chi connectivity index (χ1) is 11.4. The first-order valence-electron chi connectivity index (χ1n) is 7.50. The Bertz CT molecular complexity index is 761. The zero-order chi connectivity index (χ0) is 19.0. The molecule has 6 nitrogen and oxygen atoms in total. The number of nitrogens with one attached hydrogen (secondary N) is 1. The topological polar surface area (TPSA) is 92.7 Å². The zero-order valence-electron chi connectivity index (χ0n) is 13.5. The fourth-order valence-electron chi connectivity index (χ4n) is 2.43. The molecule has 0 unspecified atom stereocenters. The van der Waals surface area contributed by atoms with Gasteiger partial charge < -0.3 is 9.84 Å². The number of aliphatic carboxylic acids is 1. The summed E-state index contributed by atoms with van der Waals surface area (Å²) in [5, 5.41) is 9.06. The molecule has 2 rings (SSSR count). The van der Waals surface area contributed by atoms with Gasteiger partial charge in [0.1, 0.15) is 11.7 Å². The van der Waals surface area contributed by atoms with Gasteiger partial charge in [-0.25, -0.2) is 13.1 Å². The predicted octanol–water partition coefficient (Wildman–Crippen LogP) is 2.19. The molecule has 0 saturated heterocycles. The van der Waals surface area contributed by atoms with Crippen molar-refractivity contribution in [2.75, 3.05) is 6.54 Å². The van der Waals surface area contributed by atoms with E-state index in [-0.39, 0.29) is 28.7 Å². The minimum atomic E-state index is -4.84. The van der Waals surface area contributed by atoms with E-state index < -0.39 is 40.6 Å². The maximum absolute atomic E-state index is 13.0. The highest BCUT2D eigenvalue weighted by Gasteiger charge is 2.52. The summed E-state index contributed by atoms with van der Waals surface area (Å²) in [6.07, 6.45) is -7.79. The molecule has 140 valence electrons. The van der Waals surface area contributed by atoms with Crippen LogP contribution in [0.5, 0.6) is 5.75 Å². The summed E-state index contributed by atoms with van der Waals surface area (Å²) in [5.41, 5.74) is 0.111. The van der Waals surface area contributed by atoms with Gasteiger partial charge in [-0.05, 0) is 36.1 Å². The molecule has 0 radical (unpaired) electrons. The number of rotatable bonds is 5. The lowest BCUT2D eigenvalue weighted by Gasteiger charge is -2.32. The van der Waals surface area contributed by atoms with E-state index in [0.29, 0.717) is 0 Å². The van der Waals surface area contributed by atoms with Gasteiger partial charge in [0.05, 0.1) is 4.90 Å². The van der Waals surface area contributed by atoms with Crippen LogP contribution >= 0.6 is 0 Å². The molecule has 1 heterocycles. The lowest BCUT2D eigenvalue weighted by molar-refractivity contribution is -0.217. The Morgan fingerprint density at radius 1 is 1.40 bits per heavy atom. The summed E-state index contributed by atoms with van der Waals surface area (Å²) in [6, 6.07) is 3.41. The second kappa shape index (κ2) is 6.83. The monoisotopic (exact) mass is 381 g/mol. The Balaban J connectivity index is 2.35. The number of halogens is 3. The van der Waals surface area contributed by atoms with Gasteiger partial charge in [0.15, 0.2) is 0 Å². The third kappa shape index (κ3) is 4.43. The van der Waals surface area contributed by atoms with Crippen LogP contribution in [-0.4, -0.2) is 38.3 Å². The van der Waals surface area contributed by atoms with Crippen molar-refractivity contribution in [3.63, 3.8) is 0 Å². The van der Waals surface area contributed by atoms with Crippen LogP contribution in [-0.2, 0) is 21.2 Å². The number of benzene rings is 1. The van der Waals surface area contributed by atoms with Crippen LogP contribution in [0.25, 0.3) is 0 Å². The minimum Gasteiger partial charge on any atom is -0.481 e. The van der Waals surface area contributed by atoms with E-state index in [1.807, 2.05) is 13.8 Å². The van der Waals surface area contributed by atoms with E-state index in [4.69, 9.17) is 9.84 Å². The standard InChI is InChI=1S/C15H18F3NO5S/c1-8(2)7-19-25(22,23)10-3-4-12-9(5-10)6-11(14(20)21)13(24-12)15(16,17)18/h3-5,8,11,13,19H,6-7H2,1-2H3,(H,20,21)/t11-,13+/m1/s1. The molecule has 2 N–H and O–H groups in total. The van der Waals surface area contributed by atoms with Crippen LogP contribution in [0.15, 0.2) is 23.1 Å². The van der Waals surface area contributed by atoms with Gasteiger partial charge in [0.25, 0.3) is 0 Å². The van der Waals surface area contributed by atoms with E-state index >= 15 is 0 Å². The maximum atomic E-state index is 13.0. The smallest absolute Gasteiger partial charge is 0.426 e. The molecule has 1 aromatic rings.